The van der Waals surface area contributed by atoms with Crippen LogP contribution in [0.1, 0.15) is 40.1 Å². The van der Waals surface area contributed by atoms with Gasteiger partial charge in [0.15, 0.2) is 17.6 Å². The average Bonchev–Trinajstić information content (AvgIpc) is 2.82. The Labute approximate surface area is 199 Å². The van der Waals surface area contributed by atoms with Gasteiger partial charge in [-0.1, -0.05) is 18.2 Å². The van der Waals surface area contributed by atoms with Crippen molar-refractivity contribution >= 4 is 28.5 Å². The molecule has 1 saturated heterocycles. The van der Waals surface area contributed by atoms with Gasteiger partial charge in [0.25, 0.3) is 0 Å². The lowest BCUT2D eigenvalue weighted by molar-refractivity contribution is -0.221. The van der Waals surface area contributed by atoms with Gasteiger partial charge in [-0.3, -0.25) is 0 Å². The lowest BCUT2D eigenvalue weighted by atomic mass is 10.0. The molecule has 2 aromatic carbocycles. The maximum atomic E-state index is 13.3. The van der Waals surface area contributed by atoms with Crippen LogP contribution >= 0.6 is 0 Å². The summed E-state index contributed by atoms with van der Waals surface area (Å²) in [4.78, 5) is 22.0. The largest absolute Gasteiger partial charge is 0.478 e. The van der Waals surface area contributed by atoms with Gasteiger partial charge < -0.3 is 20.1 Å². The number of halogens is 3. The fraction of sp³-hybridized carbons (Fsp3) is 0.333. The maximum Gasteiger partial charge on any atom is 0.416 e. The lowest BCUT2D eigenvalue weighted by Crippen LogP contribution is -2.49. The molecular weight excluding hydrogens is 463 g/mol. The summed E-state index contributed by atoms with van der Waals surface area (Å²) in [5.41, 5.74) is 2.76. The first kappa shape index (κ1) is 24.2. The molecule has 2 heterocycles. The number of rotatable bonds is 5. The van der Waals surface area contributed by atoms with Crippen LogP contribution in [0.25, 0.3) is 11.0 Å². The number of carboxylic acid groups (broad SMARTS) is 1. The van der Waals surface area contributed by atoms with E-state index in [2.05, 4.69) is 15.3 Å². The normalized spacial score (nSPS) is 17.1. The molecule has 1 aliphatic rings. The van der Waals surface area contributed by atoms with Gasteiger partial charge in [0.1, 0.15) is 6.07 Å². The van der Waals surface area contributed by atoms with Crippen molar-refractivity contribution in [2.24, 2.45) is 0 Å². The van der Waals surface area contributed by atoms with Gasteiger partial charge in [-0.2, -0.15) is 18.4 Å². The van der Waals surface area contributed by atoms with Crippen LogP contribution in [0.5, 0.6) is 0 Å². The average molecular weight is 485 g/mol. The number of anilines is 2. The van der Waals surface area contributed by atoms with Crippen LogP contribution in [0.2, 0.25) is 0 Å². The van der Waals surface area contributed by atoms with Crippen molar-refractivity contribution in [3.05, 3.63) is 58.8 Å². The summed E-state index contributed by atoms with van der Waals surface area (Å²) in [6, 6.07) is 11.6. The minimum absolute atomic E-state index is 0.0563. The molecule has 0 aliphatic carbocycles. The van der Waals surface area contributed by atoms with E-state index in [0.29, 0.717) is 22.3 Å². The number of nitrogens with one attached hydrogen (secondary N) is 1. The van der Waals surface area contributed by atoms with Crippen LogP contribution in [0.15, 0.2) is 36.4 Å². The molecule has 8 nitrogen and oxygen atoms in total. The molecule has 1 unspecified atom stereocenters. The standard InChI is InChI=1S/C24H22F3N5O3/c1-13-9-16(14(2)29-17-6-4-3-5-15(17)23(33)34)21-18(10-13)30-19(11-28)22(31-21)32-7-8-35-20(12-32)24(25,26)27/h3-6,9-10,14,20,29H,7-8,12H2,1-2H3,(H,33,34)/t14-,20?/m1/s1. The molecule has 0 saturated carbocycles. The van der Waals surface area contributed by atoms with Crippen molar-refractivity contribution in [1.82, 2.24) is 9.97 Å². The Bertz CT molecular complexity index is 1320. The fourth-order valence-electron chi connectivity index (χ4n) is 4.10. The summed E-state index contributed by atoms with van der Waals surface area (Å²) in [5.74, 6) is -1.03. The highest BCUT2D eigenvalue weighted by atomic mass is 19.4. The Morgan fingerprint density at radius 2 is 2.06 bits per heavy atom. The molecule has 182 valence electrons. The molecule has 0 amide bonds. The van der Waals surface area contributed by atoms with Gasteiger partial charge in [0.2, 0.25) is 0 Å². The summed E-state index contributed by atoms with van der Waals surface area (Å²) in [7, 11) is 0. The van der Waals surface area contributed by atoms with Crippen molar-refractivity contribution in [3.63, 3.8) is 0 Å². The third-order valence-corrected chi connectivity index (χ3v) is 5.76. The highest BCUT2D eigenvalue weighted by molar-refractivity contribution is 5.94. The Morgan fingerprint density at radius 1 is 1.31 bits per heavy atom. The molecular formula is C24H22F3N5O3. The van der Waals surface area contributed by atoms with Crippen LogP contribution in [0, 0.1) is 18.3 Å². The van der Waals surface area contributed by atoms with E-state index in [4.69, 9.17) is 4.74 Å². The van der Waals surface area contributed by atoms with Crippen molar-refractivity contribution < 1.29 is 27.8 Å². The number of fused-ring (bicyclic) bond motifs is 1. The number of aromatic carboxylic acids is 1. The summed E-state index contributed by atoms with van der Waals surface area (Å²) < 4.78 is 44.7. The second kappa shape index (κ2) is 9.38. The summed E-state index contributed by atoms with van der Waals surface area (Å²) in [6.45, 7) is 3.13. The molecule has 1 aromatic heterocycles. The molecule has 3 aromatic rings. The molecule has 0 radical (unpaired) electrons. The van der Waals surface area contributed by atoms with Gasteiger partial charge in [0, 0.05) is 17.8 Å². The molecule has 1 fully saturated rings. The van der Waals surface area contributed by atoms with Gasteiger partial charge in [-0.05, 0) is 37.6 Å². The van der Waals surface area contributed by atoms with Crippen LogP contribution in [-0.4, -0.2) is 53.0 Å². The number of ether oxygens (including phenoxy) is 1. The Hall–Kier alpha value is -3.91. The minimum atomic E-state index is -4.55. The van der Waals surface area contributed by atoms with Gasteiger partial charge in [0.05, 0.1) is 35.8 Å². The van der Waals surface area contributed by atoms with Crippen LogP contribution in [0.3, 0.4) is 0 Å². The van der Waals surface area contributed by atoms with Crippen LogP contribution in [0.4, 0.5) is 24.7 Å². The van der Waals surface area contributed by atoms with Gasteiger partial charge in [-0.15, -0.1) is 0 Å². The second-order valence-corrected chi connectivity index (χ2v) is 8.29. The Balaban J connectivity index is 1.78. The predicted molar refractivity (Wildman–Crippen MR) is 122 cm³/mol. The number of nitriles is 1. The highest BCUT2D eigenvalue weighted by Gasteiger charge is 2.44. The highest BCUT2D eigenvalue weighted by Crippen LogP contribution is 2.32. The predicted octanol–water partition coefficient (Wildman–Crippen LogP) is 4.45. The van der Waals surface area contributed by atoms with E-state index in [1.807, 2.05) is 26.0 Å². The summed E-state index contributed by atoms with van der Waals surface area (Å²) in [6.07, 6.45) is -6.54. The Morgan fingerprint density at radius 3 is 2.74 bits per heavy atom. The third kappa shape index (κ3) is 4.97. The van der Waals surface area contributed by atoms with E-state index in [1.54, 1.807) is 24.3 Å². The quantitative estimate of drug-likeness (QED) is 0.545. The number of carboxylic acids is 1. The van der Waals surface area contributed by atoms with E-state index < -0.39 is 30.8 Å². The SMILES string of the molecule is Cc1cc([C@@H](C)Nc2ccccc2C(=O)O)c2nc(N3CCOC(C(F)(F)F)C3)c(C#N)nc2c1. The fourth-order valence-corrected chi connectivity index (χ4v) is 4.10. The van der Waals surface area contributed by atoms with E-state index >= 15 is 0 Å². The third-order valence-electron chi connectivity index (χ3n) is 5.76. The summed E-state index contributed by atoms with van der Waals surface area (Å²) in [5, 5.41) is 22.3. The molecule has 0 spiro atoms. The lowest BCUT2D eigenvalue weighted by Gasteiger charge is -2.34. The molecule has 1 aliphatic heterocycles. The van der Waals surface area contributed by atoms with Crippen molar-refractivity contribution in [2.45, 2.75) is 32.2 Å². The number of carbonyl (C=O) groups is 1. The number of hydrogen-bond donors (Lipinski definition) is 2. The zero-order chi connectivity index (χ0) is 25.3. The first-order valence-electron chi connectivity index (χ1n) is 10.8. The smallest absolute Gasteiger partial charge is 0.416 e. The van der Waals surface area contributed by atoms with E-state index in [9.17, 15) is 28.3 Å². The van der Waals surface area contributed by atoms with Gasteiger partial charge in [-0.25, -0.2) is 14.8 Å². The number of aryl methyl sites for hydroxylation is 1. The molecule has 35 heavy (non-hydrogen) atoms. The number of morpholine rings is 1. The number of para-hydroxylation sites is 1. The topological polar surface area (TPSA) is 111 Å². The molecule has 11 heteroatoms. The number of benzene rings is 2. The molecule has 2 atom stereocenters. The Kier molecular flexibility index (Phi) is 6.49. The number of hydrogen-bond acceptors (Lipinski definition) is 7. The number of alkyl halides is 3. The molecule has 2 N–H and O–H groups in total. The van der Waals surface area contributed by atoms with Crippen LogP contribution in [-0.2, 0) is 4.74 Å². The van der Waals surface area contributed by atoms with Crippen molar-refractivity contribution in [3.8, 4) is 6.07 Å². The zero-order valence-corrected chi connectivity index (χ0v) is 18.9. The van der Waals surface area contributed by atoms with E-state index in [0.717, 1.165) is 5.56 Å². The first-order chi connectivity index (χ1) is 16.6. The van der Waals surface area contributed by atoms with E-state index in [-0.39, 0.29) is 30.2 Å². The number of aromatic nitrogens is 2. The van der Waals surface area contributed by atoms with Crippen molar-refractivity contribution in [2.75, 3.05) is 29.9 Å². The zero-order valence-electron chi connectivity index (χ0n) is 18.9. The second-order valence-electron chi connectivity index (χ2n) is 8.29. The summed E-state index contributed by atoms with van der Waals surface area (Å²) >= 11 is 0. The first-order valence-corrected chi connectivity index (χ1v) is 10.8. The molecule has 0 bridgehead atoms. The van der Waals surface area contributed by atoms with Gasteiger partial charge >= 0.3 is 12.1 Å². The molecule has 4 rings (SSSR count). The van der Waals surface area contributed by atoms with E-state index in [1.165, 1.54) is 11.0 Å². The van der Waals surface area contributed by atoms with Crippen molar-refractivity contribution in [1.29, 1.82) is 5.26 Å². The minimum Gasteiger partial charge on any atom is -0.478 e. The maximum absolute atomic E-state index is 13.3. The van der Waals surface area contributed by atoms with Crippen LogP contribution < -0.4 is 10.2 Å². The number of nitrogens with zero attached hydrogens (tertiary/aromatic N) is 4. The monoisotopic (exact) mass is 485 g/mol.